The summed E-state index contributed by atoms with van der Waals surface area (Å²) in [5, 5.41) is 0. The molecule has 0 fully saturated rings. The molecule has 0 radical (unpaired) electrons. The third-order valence-electron chi connectivity index (χ3n) is 1.33. The van der Waals surface area contributed by atoms with Gasteiger partial charge in [-0.1, -0.05) is 50.0 Å². The van der Waals surface area contributed by atoms with E-state index < -0.39 is 0 Å². The van der Waals surface area contributed by atoms with Crippen LogP contribution in [0.5, 0.6) is 0 Å². The smallest absolute Gasteiger partial charge is 0.0305 e. The molecule has 0 aromatic heterocycles. The summed E-state index contributed by atoms with van der Waals surface area (Å²) in [6.45, 7) is 11.7. The monoisotopic (exact) mass is 148 g/mol. The van der Waals surface area contributed by atoms with Crippen LogP contribution < -0.4 is 0 Å². The summed E-state index contributed by atoms with van der Waals surface area (Å²) in [5.74, 6) is 0. The molecular formula is C11H16. The Labute approximate surface area is 69.6 Å². The van der Waals surface area contributed by atoms with Crippen molar-refractivity contribution >= 4 is 0 Å². The summed E-state index contributed by atoms with van der Waals surface area (Å²) < 4.78 is 0. The van der Waals surface area contributed by atoms with Crippen molar-refractivity contribution < 1.29 is 0 Å². The van der Waals surface area contributed by atoms with Crippen LogP contribution in [0.2, 0.25) is 0 Å². The highest BCUT2D eigenvalue weighted by molar-refractivity contribution is 5.34. The van der Waals surface area contributed by atoms with Gasteiger partial charge in [-0.05, 0) is 18.9 Å². The van der Waals surface area contributed by atoms with Crippen molar-refractivity contribution in [3.05, 3.63) is 48.6 Å². The fraction of sp³-hybridized carbons (Fsp3) is 0.273. The van der Waals surface area contributed by atoms with Crippen LogP contribution in [0, 0.1) is 0 Å². The highest BCUT2D eigenvalue weighted by atomic mass is 13.9. The number of hydrogen-bond donors (Lipinski definition) is 0. The van der Waals surface area contributed by atoms with E-state index >= 15 is 0 Å². The Morgan fingerprint density at radius 1 is 1.27 bits per heavy atom. The van der Waals surface area contributed by atoms with E-state index in [0.29, 0.717) is 0 Å². The van der Waals surface area contributed by atoms with Crippen LogP contribution in [0.15, 0.2) is 48.6 Å². The molecule has 0 aliphatic heterocycles. The molecule has 0 saturated heterocycles. The first-order valence-corrected chi connectivity index (χ1v) is 3.86. The molecule has 0 atom stereocenters. The van der Waals surface area contributed by atoms with Crippen molar-refractivity contribution in [2.75, 3.05) is 0 Å². The average molecular weight is 148 g/mol. The van der Waals surface area contributed by atoms with Gasteiger partial charge in [-0.2, -0.15) is 0 Å². The summed E-state index contributed by atoms with van der Waals surface area (Å²) in [6.07, 6.45) is 9.15. The third-order valence-corrected chi connectivity index (χ3v) is 1.33. The minimum absolute atomic E-state index is 0.991. The van der Waals surface area contributed by atoms with Gasteiger partial charge in [-0.3, -0.25) is 0 Å². The highest BCUT2D eigenvalue weighted by Crippen LogP contribution is 2.04. The fourth-order valence-electron chi connectivity index (χ4n) is 0.529. The molecule has 0 nitrogen and oxygen atoms in total. The van der Waals surface area contributed by atoms with Gasteiger partial charge in [0.2, 0.25) is 0 Å². The van der Waals surface area contributed by atoms with E-state index in [1.165, 1.54) is 0 Å². The van der Waals surface area contributed by atoms with Gasteiger partial charge >= 0.3 is 0 Å². The van der Waals surface area contributed by atoms with E-state index in [0.717, 1.165) is 17.6 Å². The van der Waals surface area contributed by atoms with Crippen LogP contribution in [0.4, 0.5) is 0 Å². The first-order chi connectivity index (χ1) is 5.18. The van der Waals surface area contributed by atoms with Crippen molar-refractivity contribution in [3.8, 4) is 0 Å². The third kappa shape index (κ3) is 5.41. The summed E-state index contributed by atoms with van der Waals surface area (Å²) in [4.78, 5) is 0. The molecule has 0 saturated carbocycles. The van der Waals surface area contributed by atoms with Gasteiger partial charge in [0, 0.05) is 0 Å². The summed E-state index contributed by atoms with van der Waals surface area (Å²) >= 11 is 0. The van der Waals surface area contributed by atoms with Gasteiger partial charge in [0.05, 0.1) is 0 Å². The predicted molar refractivity (Wildman–Crippen MR) is 52.5 cm³/mol. The predicted octanol–water partition coefficient (Wildman–Crippen LogP) is 3.64. The zero-order valence-electron chi connectivity index (χ0n) is 7.43. The molecule has 0 spiro atoms. The Hall–Kier alpha value is -1.04. The Morgan fingerprint density at radius 2 is 1.91 bits per heavy atom. The first-order valence-electron chi connectivity index (χ1n) is 3.86. The van der Waals surface area contributed by atoms with Gasteiger partial charge in [0.1, 0.15) is 0 Å². The lowest BCUT2D eigenvalue weighted by Gasteiger charge is -1.93. The van der Waals surface area contributed by atoms with Crippen molar-refractivity contribution in [2.24, 2.45) is 0 Å². The van der Waals surface area contributed by atoms with Crippen LogP contribution in [-0.4, -0.2) is 0 Å². The molecule has 11 heavy (non-hydrogen) atoms. The molecule has 0 aromatic carbocycles. The molecule has 0 aliphatic carbocycles. The SMILES string of the molecule is C=C(C)C(=C)/C=C\C=C/CC. The molecule has 0 unspecified atom stereocenters. The molecule has 60 valence electrons. The zero-order valence-corrected chi connectivity index (χ0v) is 7.43. The maximum atomic E-state index is 3.83. The van der Waals surface area contributed by atoms with E-state index in [2.05, 4.69) is 26.2 Å². The Bertz CT molecular complexity index is 192. The maximum absolute atomic E-state index is 3.83. The molecule has 0 amide bonds. The van der Waals surface area contributed by atoms with Gasteiger partial charge in [0.15, 0.2) is 0 Å². The number of allylic oxidation sites excluding steroid dienone is 6. The first kappa shape index (κ1) is 9.96. The summed E-state index contributed by atoms with van der Waals surface area (Å²) in [5.41, 5.74) is 2.01. The normalized spacial score (nSPS) is 11.1. The van der Waals surface area contributed by atoms with E-state index in [-0.39, 0.29) is 0 Å². The lowest BCUT2D eigenvalue weighted by atomic mass is 10.1. The maximum Gasteiger partial charge on any atom is -0.0305 e. The molecule has 0 heterocycles. The van der Waals surface area contributed by atoms with Crippen molar-refractivity contribution in [3.63, 3.8) is 0 Å². The van der Waals surface area contributed by atoms with Gasteiger partial charge < -0.3 is 0 Å². The standard InChI is InChI=1S/C11H16/c1-5-6-7-8-9-11(4)10(2)3/h6-9H,2,4-5H2,1,3H3/b7-6-,9-8-. The second kappa shape index (κ2) is 5.72. The van der Waals surface area contributed by atoms with Crippen LogP contribution in [-0.2, 0) is 0 Å². The molecule has 0 heteroatoms. The van der Waals surface area contributed by atoms with Crippen molar-refractivity contribution in [1.29, 1.82) is 0 Å². The summed E-state index contributed by atoms with van der Waals surface area (Å²) in [6, 6.07) is 0. The molecule has 0 aliphatic rings. The Morgan fingerprint density at radius 3 is 2.36 bits per heavy atom. The second-order valence-electron chi connectivity index (χ2n) is 2.50. The molecule has 0 aromatic rings. The molecule has 0 rings (SSSR count). The van der Waals surface area contributed by atoms with E-state index in [1.807, 2.05) is 25.2 Å². The fourth-order valence-corrected chi connectivity index (χ4v) is 0.529. The van der Waals surface area contributed by atoms with E-state index in [1.54, 1.807) is 0 Å². The van der Waals surface area contributed by atoms with Crippen LogP contribution in [0.3, 0.4) is 0 Å². The minimum Gasteiger partial charge on any atom is -0.0955 e. The number of rotatable bonds is 4. The topological polar surface area (TPSA) is 0 Å². The molecule has 0 N–H and O–H groups in total. The lowest BCUT2D eigenvalue weighted by molar-refractivity contribution is 1.22. The Balaban J connectivity index is 3.84. The zero-order chi connectivity index (χ0) is 8.69. The van der Waals surface area contributed by atoms with Crippen LogP contribution in [0.25, 0.3) is 0 Å². The van der Waals surface area contributed by atoms with E-state index in [4.69, 9.17) is 0 Å². The van der Waals surface area contributed by atoms with Crippen LogP contribution >= 0.6 is 0 Å². The summed E-state index contributed by atoms with van der Waals surface area (Å²) in [7, 11) is 0. The second-order valence-corrected chi connectivity index (χ2v) is 2.50. The van der Waals surface area contributed by atoms with Gasteiger partial charge in [0.25, 0.3) is 0 Å². The van der Waals surface area contributed by atoms with Gasteiger partial charge in [-0.25, -0.2) is 0 Å². The minimum atomic E-state index is 0.991. The Kier molecular flexibility index (Phi) is 5.18. The highest BCUT2D eigenvalue weighted by Gasteiger charge is 1.83. The van der Waals surface area contributed by atoms with E-state index in [9.17, 15) is 0 Å². The molecule has 0 bridgehead atoms. The largest absolute Gasteiger partial charge is 0.0955 e. The van der Waals surface area contributed by atoms with Gasteiger partial charge in [-0.15, -0.1) is 0 Å². The average Bonchev–Trinajstić information content (AvgIpc) is 1.97. The number of hydrogen-bond acceptors (Lipinski definition) is 0. The van der Waals surface area contributed by atoms with Crippen LogP contribution in [0.1, 0.15) is 20.3 Å². The quantitative estimate of drug-likeness (QED) is 0.534. The van der Waals surface area contributed by atoms with Crippen molar-refractivity contribution in [1.82, 2.24) is 0 Å². The van der Waals surface area contributed by atoms with Crippen molar-refractivity contribution in [2.45, 2.75) is 20.3 Å². The lowest BCUT2D eigenvalue weighted by Crippen LogP contribution is -1.72. The molecular weight excluding hydrogens is 132 g/mol.